The molecule has 0 fully saturated rings. The first-order chi connectivity index (χ1) is 9.24. The topological polar surface area (TPSA) is 48.1 Å². The monoisotopic (exact) mass is 256 g/mol. The maximum atomic E-state index is 6.37. The molecule has 0 amide bonds. The van der Waals surface area contributed by atoms with E-state index in [2.05, 4.69) is 11.9 Å². The van der Waals surface area contributed by atoms with Crippen LogP contribution < -0.4 is 10.5 Å². The van der Waals surface area contributed by atoms with Crippen molar-refractivity contribution in [1.29, 1.82) is 0 Å². The van der Waals surface area contributed by atoms with E-state index in [1.165, 1.54) is 0 Å². The largest absolute Gasteiger partial charge is 0.493 e. The predicted molar refractivity (Wildman–Crippen MR) is 77.2 cm³/mol. The summed E-state index contributed by atoms with van der Waals surface area (Å²) < 4.78 is 5.77. The molecule has 0 saturated heterocycles. The van der Waals surface area contributed by atoms with Gasteiger partial charge in [-0.1, -0.05) is 25.1 Å². The molecule has 2 N–H and O–H groups in total. The molecule has 0 radical (unpaired) electrons. The van der Waals surface area contributed by atoms with Gasteiger partial charge in [0, 0.05) is 18.0 Å². The Balaban J connectivity index is 2.33. The maximum Gasteiger partial charge on any atom is 0.124 e. The van der Waals surface area contributed by atoms with Crippen LogP contribution in [0, 0.1) is 6.92 Å². The van der Waals surface area contributed by atoms with Crippen LogP contribution in [-0.2, 0) is 0 Å². The molecule has 1 heterocycles. The Morgan fingerprint density at radius 1 is 1.21 bits per heavy atom. The van der Waals surface area contributed by atoms with Crippen molar-refractivity contribution in [2.45, 2.75) is 26.3 Å². The van der Waals surface area contributed by atoms with Gasteiger partial charge < -0.3 is 10.5 Å². The highest BCUT2D eigenvalue weighted by Gasteiger charge is 2.15. The van der Waals surface area contributed by atoms with Crippen molar-refractivity contribution in [3.8, 4) is 5.75 Å². The van der Waals surface area contributed by atoms with Crippen LogP contribution >= 0.6 is 0 Å². The Morgan fingerprint density at radius 3 is 2.74 bits per heavy atom. The standard InChI is InChI=1S/C16H20N2O/c1-3-10-19-15-7-5-4-6-13(15)16(17)14-11-18-9-8-12(14)2/h4-9,11,16H,3,10,17H2,1-2H3. The smallest absolute Gasteiger partial charge is 0.124 e. The third-order valence-electron chi connectivity index (χ3n) is 3.13. The first-order valence-electron chi connectivity index (χ1n) is 6.62. The molecule has 2 aromatic rings. The van der Waals surface area contributed by atoms with Crippen molar-refractivity contribution in [2.75, 3.05) is 6.61 Å². The lowest BCUT2D eigenvalue weighted by atomic mass is 9.97. The van der Waals surface area contributed by atoms with Gasteiger partial charge in [0.15, 0.2) is 0 Å². The first-order valence-corrected chi connectivity index (χ1v) is 6.62. The Hall–Kier alpha value is -1.87. The number of rotatable bonds is 5. The van der Waals surface area contributed by atoms with Crippen molar-refractivity contribution in [1.82, 2.24) is 4.98 Å². The highest BCUT2D eigenvalue weighted by Crippen LogP contribution is 2.29. The number of pyridine rings is 1. The van der Waals surface area contributed by atoms with E-state index in [4.69, 9.17) is 10.5 Å². The molecule has 0 saturated carbocycles. The summed E-state index contributed by atoms with van der Waals surface area (Å²) in [5.41, 5.74) is 9.56. The van der Waals surface area contributed by atoms with E-state index in [-0.39, 0.29) is 6.04 Å². The number of para-hydroxylation sites is 1. The maximum absolute atomic E-state index is 6.37. The normalized spacial score (nSPS) is 12.2. The van der Waals surface area contributed by atoms with E-state index in [1.807, 2.05) is 43.5 Å². The number of hydrogen-bond donors (Lipinski definition) is 1. The van der Waals surface area contributed by atoms with Crippen molar-refractivity contribution >= 4 is 0 Å². The molecule has 100 valence electrons. The summed E-state index contributed by atoms with van der Waals surface area (Å²) in [7, 11) is 0. The van der Waals surface area contributed by atoms with E-state index < -0.39 is 0 Å². The second-order valence-corrected chi connectivity index (χ2v) is 4.60. The fraction of sp³-hybridized carbons (Fsp3) is 0.312. The highest BCUT2D eigenvalue weighted by molar-refractivity contribution is 5.42. The molecule has 1 unspecified atom stereocenters. The van der Waals surface area contributed by atoms with Crippen LogP contribution in [0.25, 0.3) is 0 Å². The summed E-state index contributed by atoms with van der Waals surface area (Å²) in [5.74, 6) is 0.861. The zero-order chi connectivity index (χ0) is 13.7. The summed E-state index contributed by atoms with van der Waals surface area (Å²) >= 11 is 0. The van der Waals surface area contributed by atoms with Gasteiger partial charge in [-0.2, -0.15) is 0 Å². The van der Waals surface area contributed by atoms with Crippen LogP contribution in [0.4, 0.5) is 0 Å². The van der Waals surface area contributed by atoms with Crippen LogP contribution in [0.3, 0.4) is 0 Å². The van der Waals surface area contributed by atoms with Crippen molar-refractivity contribution in [3.05, 3.63) is 59.4 Å². The van der Waals surface area contributed by atoms with Crippen LogP contribution in [0.15, 0.2) is 42.7 Å². The molecule has 0 aliphatic rings. The van der Waals surface area contributed by atoms with E-state index in [0.29, 0.717) is 6.61 Å². The third-order valence-corrected chi connectivity index (χ3v) is 3.13. The number of ether oxygens (including phenoxy) is 1. The second kappa shape index (κ2) is 6.34. The number of benzene rings is 1. The van der Waals surface area contributed by atoms with Gasteiger partial charge in [-0.15, -0.1) is 0 Å². The fourth-order valence-electron chi connectivity index (χ4n) is 2.05. The summed E-state index contributed by atoms with van der Waals surface area (Å²) in [6.45, 7) is 4.84. The van der Waals surface area contributed by atoms with E-state index in [0.717, 1.165) is 28.9 Å². The molecule has 0 aliphatic carbocycles. The number of nitrogens with two attached hydrogens (primary N) is 1. The lowest BCUT2D eigenvalue weighted by Gasteiger charge is -2.18. The quantitative estimate of drug-likeness (QED) is 0.893. The van der Waals surface area contributed by atoms with Crippen LogP contribution in [0.1, 0.15) is 36.1 Å². The molecule has 19 heavy (non-hydrogen) atoms. The molecule has 1 atom stereocenters. The zero-order valence-corrected chi connectivity index (χ0v) is 11.5. The molecule has 3 nitrogen and oxygen atoms in total. The minimum atomic E-state index is -0.207. The molecule has 1 aromatic carbocycles. The molecular weight excluding hydrogens is 236 g/mol. The lowest BCUT2D eigenvalue weighted by Crippen LogP contribution is -2.15. The average Bonchev–Trinajstić information content (AvgIpc) is 2.45. The first kappa shape index (κ1) is 13.6. The minimum Gasteiger partial charge on any atom is -0.493 e. The third kappa shape index (κ3) is 3.12. The van der Waals surface area contributed by atoms with Crippen LogP contribution in [0.5, 0.6) is 5.75 Å². The Kier molecular flexibility index (Phi) is 4.53. The summed E-state index contributed by atoms with van der Waals surface area (Å²) in [5, 5.41) is 0. The minimum absolute atomic E-state index is 0.207. The van der Waals surface area contributed by atoms with E-state index in [1.54, 1.807) is 6.20 Å². The van der Waals surface area contributed by atoms with E-state index >= 15 is 0 Å². The van der Waals surface area contributed by atoms with Gasteiger partial charge >= 0.3 is 0 Å². The van der Waals surface area contributed by atoms with Crippen molar-refractivity contribution in [3.63, 3.8) is 0 Å². The Bertz CT molecular complexity index is 540. The summed E-state index contributed by atoms with van der Waals surface area (Å²) in [4.78, 5) is 4.16. The number of nitrogens with zero attached hydrogens (tertiary/aromatic N) is 1. The molecule has 0 bridgehead atoms. The summed E-state index contributed by atoms with van der Waals surface area (Å²) in [6.07, 6.45) is 4.59. The van der Waals surface area contributed by atoms with Crippen LogP contribution in [0.2, 0.25) is 0 Å². The van der Waals surface area contributed by atoms with Gasteiger partial charge in [-0.25, -0.2) is 0 Å². The molecular formula is C16H20N2O. The number of aromatic nitrogens is 1. The predicted octanol–water partition coefficient (Wildman–Crippen LogP) is 3.23. The fourth-order valence-corrected chi connectivity index (χ4v) is 2.05. The summed E-state index contributed by atoms with van der Waals surface area (Å²) in [6, 6.07) is 9.71. The van der Waals surface area contributed by atoms with Crippen LogP contribution in [-0.4, -0.2) is 11.6 Å². The Labute approximate surface area is 114 Å². The molecule has 2 rings (SSSR count). The number of aryl methyl sites for hydroxylation is 1. The number of hydrogen-bond acceptors (Lipinski definition) is 3. The Morgan fingerprint density at radius 2 is 2.00 bits per heavy atom. The average molecular weight is 256 g/mol. The molecule has 0 aliphatic heterocycles. The SMILES string of the molecule is CCCOc1ccccc1C(N)c1cnccc1C. The van der Waals surface area contributed by atoms with Gasteiger partial charge in [0.2, 0.25) is 0 Å². The molecule has 3 heteroatoms. The lowest BCUT2D eigenvalue weighted by molar-refractivity contribution is 0.313. The van der Waals surface area contributed by atoms with E-state index in [9.17, 15) is 0 Å². The second-order valence-electron chi connectivity index (χ2n) is 4.60. The van der Waals surface area contributed by atoms with Crippen molar-refractivity contribution < 1.29 is 4.74 Å². The van der Waals surface area contributed by atoms with Crippen molar-refractivity contribution in [2.24, 2.45) is 5.73 Å². The van der Waals surface area contributed by atoms with Gasteiger partial charge in [0.05, 0.1) is 12.6 Å². The van der Waals surface area contributed by atoms with Gasteiger partial charge in [0.1, 0.15) is 5.75 Å². The zero-order valence-electron chi connectivity index (χ0n) is 11.5. The molecule has 0 spiro atoms. The van der Waals surface area contributed by atoms with Gasteiger partial charge in [0.25, 0.3) is 0 Å². The molecule has 1 aromatic heterocycles. The van der Waals surface area contributed by atoms with Gasteiger partial charge in [-0.3, -0.25) is 4.98 Å². The van der Waals surface area contributed by atoms with Gasteiger partial charge in [-0.05, 0) is 36.6 Å². The highest BCUT2D eigenvalue weighted by atomic mass is 16.5.